The fourth-order valence-corrected chi connectivity index (χ4v) is 2.72. The third-order valence-corrected chi connectivity index (χ3v) is 3.85. The van der Waals surface area contributed by atoms with E-state index in [4.69, 9.17) is 9.84 Å². The maximum absolute atomic E-state index is 12.1. The highest BCUT2D eigenvalue weighted by atomic mass is 16.5. The molecule has 2 aromatic rings. The Hall–Kier alpha value is -2.89. The van der Waals surface area contributed by atoms with Crippen molar-refractivity contribution >= 4 is 5.97 Å². The van der Waals surface area contributed by atoms with E-state index in [1.807, 2.05) is 18.2 Å². The Bertz CT molecular complexity index is 852. The Morgan fingerprint density at radius 1 is 1.35 bits per heavy atom. The second kappa shape index (κ2) is 6.08. The first kappa shape index (κ1) is 15.0. The van der Waals surface area contributed by atoms with E-state index < -0.39 is 5.97 Å². The van der Waals surface area contributed by atoms with Gasteiger partial charge in [-0.2, -0.15) is 5.10 Å². The SMILES string of the molecule is COc1ccc2c(c1)-c1nn(C/C=C/C(=O)O)c(=O)cc1CC2. The number of aryl methyl sites for hydroxylation is 2. The quantitative estimate of drug-likeness (QED) is 0.868. The third kappa shape index (κ3) is 3.01. The largest absolute Gasteiger partial charge is 0.497 e. The van der Waals surface area contributed by atoms with Crippen molar-refractivity contribution in [3.8, 4) is 17.0 Å². The standard InChI is InChI=1S/C17H16N2O4/c1-23-13-7-6-11-4-5-12-9-15(20)19(8-2-3-16(21)22)18-17(12)14(11)10-13/h2-3,6-7,9-10H,4-5,8H2,1H3,(H,21,22)/b3-2+. The molecule has 1 aliphatic carbocycles. The van der Waals surface area contributed by atoms with Crippen molar-refractivity contribution in [2.75, 3.05) is 7.11 Å². The molecule has 0 aliphatic heterocycles. The molecule has 23 heavy (non-hydrogen) atoms. The molecule has 0 saturated heterocycles. The minimum Gasteiger partial charge on any atom is -0.497 e. The van der Waals surface area contributed by atoms with E-state index in [0.29, 0.717) is 0 Å². The summed E-state index contributed by atoms with van der Waals surface area (Å²) in [6.45, 7) is 0.123. The van der Waals surface area contributed by atoms with Crippen LogP contribution in [0, 0.1) is 0 Å². The highest BCUT2D eigenvalue weighted by Gasteiger charge is 2.19. The number of benzene rings is 1. The van der Waals surface area contributed by atoms with Gasteiger partial charge in [-0.15, -0.1) is 0 Å². The second-order valence-corrected chi connectivity index (χ2v) is 5.30. The van der Waals surface area contributed by atoms with Crippen LogP contribution < -0.4 is 10.3 Å². The van der Waals surface area contributed by atoms with E-state index in [9.17, 15) is 9.59 Å². The van der Waals surface area contributed by atoms with Crippen LogP contribution in [0.3, 0.4) is 0 Å². The lowest BCUT2D eigenvalue weighted by Crippen LogP contribution is -2.25. The van der Waals surface area contributed by atoms with E-state index in [1.165, 1.54) is 10.8 Å². The van der Waals surface area contributed by atoms with Gasteiger partial charge in [0.2, 0.25) is 0 Å². The summed E-state index contributed by atoms with van der Waals surface area (Å²) in [6, 6.07) is 7.43. The van der Waals surface area contributed by atoms with Crippen LogP contribution in [0.1, 0.15) is 11.1 Å². The molecule has 1 N–H and O–H groups in total. The van der Waals surface area contributed by atoms with Crippen LogP contribution in [-0.2, 0) is 24.2 Å². The zero-order chi connectivity index (χ0) is 16.4. The van der Waals surface area contributed by atoms with Gasteiger partial charge in [0.05, 0.1) is 19.3 Å². The molecule has 1 aromatic carbocycles. The second-order valence-electron chi connectivity index (χ2n) is 5.30. The van der Waals surface area contributed by atoms with Crippen LogP contribution >= 0.6 is 0 Å². The molecule has 0 atom stereocenters. The monoisotopic (exact) mass is 312 g/mol. The first-order valence-corrected chi connectivity index (χ1v) is 7.26. The van der Waals surface area contributed by atoms with Gasteiger partial charge in [0.1, 0.15) is 5.75 Å². The number of carboxylic acids is 1. The predicted molar refractivity (Wildman–Crippen MR) is 84.7 cm³/mol. The summed E-state index contributed by atoms with van der Waals surface area (Å²) in [7, 11) is 1.61. The molecule has 118 valence electrons. The Morgan fingerprint density at radius 3 is 2.87 bits per heavy atom. The molecule has 0 amide bonds. The average Bonchev–Trinajstić information content (AvgIpc) is 2.54. The number of nitrogens with zero attached hydrogens (tertiary/aromatic N) is 2. The molecule has 3 rings (SSSR count). The number of carboxylic acid groups (broad SMARTS) is 1. The highest BCUT2D eigenvalue weighted by Crippen LogP contribution is 2.33. The number of rotatable bonds is 4. The number of carbonyl (C=O) groups is 1. The summed E-state index contributed by atoms with van der Waals surface area (Å²) < 4.78 is 6.54. The van der Waals surface area contributed by atoms with Gasteiger partial charge in [0.25, 0.3) is 5.56 Å². The number of hydrogen-bond acceptors (Lipinski definition) is 4. The number of allylic oxidation sites excluding steroid dienone is 1. The summed E-state index contributed by atoms with van der Waals surface area (Å²) in [5.41, 5.74) is 3.56. The molecule has 0 saturated carbocycles. The van der Waals surface area contributed by atoms with Crippen molar-refractivity contribution in [2.45, 2.75) is 19.4 Å². The van der Waals surface area contributed by atoms with Crippen LogP contribution in [0.4, 0.5) is 0 Å². The smallest absolute Gasteiger partial charge is 0.328 e. The molecule has 6 nitrogen and oxygen atoms in total. The first-order chi connectivity index (χ1) is 11.1. The van der Waals surface area contributed by atoms with Crippen molar-refractivity contribution in [1.82, 2.24) is 9.78 Å². The number of aromatic nitrogens is 2. The number of fused-ring (bicyclic) bond motifs is 3. The molecule has 1 heterocycles. The summed E-state index contributed by atoms with van der Waals surface area (Å²) in [4.78, 5) is 22.6. The fraction of sp³-hybridized carbons (Fsp3) is 0.235. The Morgan fingerprint density at radius 2 is 2.13 bits per heavy atom. The average molecular weight is 312 g/mol. The van der Waals surface area contributed by atoms with E-state index in [2.05, 4.69) is 5.10 Å². The van der Waals surface area contributed by atoms with Crippen molar-refractivity contribution in [1.29, 1.82) is 0 Å². The lowest BCUT2D eigenvalue weighted by Gasteiger charge is -2.20. The molecule has 1 aromatic heterocycles. The van der Waals surface area contributed by atoms with E-state index >= 15 is 0 Å². The summed E-state index contributed by atoms with van der Waals surface area (Å²) >= 11 is 0. The van der Waals surface area contributed by atoms with Gasteiger partial charge in [-0.3, -0.25) is 4.79 Å². The normalized spacial score (nSPS) is 12.7. The number of methoxy groups -OCH3 is 1. The van der Waals surface area contributed by atoms with Crippen molar-refractivity contribution in [2.24, 2.45) is 0 Å². The first-order valence-electron chi connectivity index (χ1n) is 7.26. The van der Waals surface area contributed by atoms with Crippen LogP contribution in [0.5, 0.6) is 5.75 Å². The van der Waals surface area contributed by atoms with Gasteiger partial charge in [-0.1, -0.05) is 12.1 Å². The molecular formula is C17H16N2O4. The Kier molecular flexibility index (Phi) is 3.97. The number of ether oxygens (including phenoxy) is 1. The maximum atomic E-state index is 12.1. The Balaban J connectivity index is 2.05. The fourth-order valence-electron chi connectivity index (χ4n) is 2.72. The Labute approximate surface area is 132 Å². The van der Waals surface area contributed by atoms with Gasteiger partial charge in [0, 0.05) is 17.7 Å². The molecular weight excluding hydrogens is 296 g/mol. The maximum Gasteiger partial charge on any atom is 0.328 e. The lowest BCUT2D eigenvalue weighted by atomic mass is 9.89. The molecule has 6 heteroatoms. The topological polar surface area (TPSA) is 81.4 Å². The zero-order valence-electron chi connectivity index (χ0n) is 12.7. The minimum absolute atomic E-state index is 0.123. The number of aliphatic carboxylic acids is 1. The summed E-state index contributed by atoms with van der Waals surface area (Å²) in [5.74, 6) is -0.312. The molecule has 0 unspecified atom stereocenters. The summed E-state index contributed by atoms with van der Waals surface area (Å²) in [5, 5.41) is 13.1. The molecule has 1 aliphatic rings. The van der Waals surface area contributed by atoms with Gasteiger partial charge in [-0.05, 0) is 36.1 Å². The van der Waals surface area contributed by atoms with Crippen LogP contribution in [0.25, 0.3) is 11.3 Å². The van der Waals surface area contributed by atoms with E-state index in [1.54, 1.807) is 13.2 Å². The molecule has 0 spiro atoms. The molecule has 0 radical (unpaired) electrons. The van der Waals surface area contributed by atoms with Crippen LogP contribution in [0.2, 0.25) is 0 Å². The van der Waals surface area contributed by atoms with Crippen LogP contribution in [0.15, 0.2) is 41.2 Å². The van der Waals surface area contributed by atoms with Gasteiger partial charge >= 0.3 is 5.97 Å². The van der Waals surface area contributed by atoms with E-state index in [0.717, 1.165) is 47.1 Å². The summed E-state index contributed by atoms with van der Waals surface area (Å²) in [6.07, 6.45) is 4.03. The van der Waals surface area contributed by atoms with Crippen molar-refractivity contribution < 1.29 is 14.6 Å². The molecule has 0 bridgehead atoms. The van der Waals surface area contributed by atoms with Gasteiger partial charge < -0.3 is 9.84 Å². The third-order valence-electron chi connectivity index (χ3n) is 3.85. The predicted octanol–water partition coefficient (Wildman–Crippen LogP) is 1.66. The highest BCUT2D eigenvalue weighted by molar-refractivity contribution is 5.79. The van der Waals surface area contributed by atoms with E-state index in [-0.39, 0.29) is 12.1 Å². The van der Waals surface area contributed by atoms with Crippen molar-refractivity contribution in [3.05, 3.63) is 57.9 Å². The van der Waals surface area contributed by atoms with Crippen molar-refractivity contribution in [3.63, 3.8) is 0 Å². The van der Waals surface area contributed by atoms with Gasteiger partial charge in [-0.25, -0.2) is 9.48 Å². The zero-order valence-corrected chi connectivity index (χ0v) is 12.7. The lowest BCUT2D eigenvalue weighted by molar-refractivity contribution is -0.131. The number of hydrogen-bond donors (Lipinski definition) is 1. The van der Waals surface area contributed by atoms with Crippen LogP contribution in [-0.4, -0.2) is 28.0 Å². The minimum atomic E-state index is -1.05. The molecule has 0 fully saturated rings. The van der Waals surface area contributed by atoms with Gasteiger partial charge in [0.15, 0.2) is 0 Å².